The van der Waals surface area contributed by atoms with Gasteiger partial charge in [0.2, 0.25) is 0 Å². The molecule has 0 spiro atoms. The first-order valence-corrected chi connectivity index (χ1v) is 7.52. The van der Waals surface area contributed by atoms with E-state index in [0.29, 0.717) is 17.4 Å². The molecular weight excluding hydrogens is 266 g/mol. The lowest BCUT2D eigenvalue weighted by Crippen LogP contribution is -2.43. The van der Waals surface area contributed by atoms with Crippen LogP contribution in [0.2, 0.25) is 0 Å². The van der Waals surface area contributed by atoms with Crippen LogP contribution in [0.1, 0.15) is 30.9 Å². The summed E-state index contributed by atoms with van der Waals surface area (Å²) in [5, 5.41) is 3.95. The molecule has 1 aliphatic heterocycles. The fourth-order valence-electron chi connectivity index (χ4n) is 3.14. The summed E-state index contributed by atoms with van der Waals surface area (Å²) in [6, 6.07) is 5.60. The number of hydrogen-bond donors (Lipinski definition) is 1. The predicted octanol–water partition coefficient (Wildman–Crippen LogP) is 1.32. The Bertz CT molecular complexity index is 780. The van der Waals surface area contributed by atoms with Gasteiger partial charge in [-0.3, -0.25) is 13.9 Å². The van der Waals surface area contributed by atoms with Gasteiger partial charge in [0.1, 0.15) is 0 Å². The van der Waals surface area contributed by atoms with E-state index in [2.05, 4.69) is 5.32 Å². The molecule has 21 heavy (non-hydrogen) atoms. The molecule has 5 nitrogen and oxygen atoms in total. The third-order valence-corrected chi connectivity index (χ3v) is 4.34. The molecule has 0 radical (unpaired) electrons. The fourth-order valence-corrected chi connectivity index (χ4v) is 3.14. The van der Waals surface area contributed by atoms with Crippen LogP contribution in [0.5, 0.6) is 0 Å². The SMILES string of the molecule is Cc1ccc2c(c1)c(=O)n(C1CCCCNC1)c(=O)n2C. The molecule has 2 heterocycles. The maximum absolute atomic E-state index is 12.8. The normalized spacial score (nSPS) is 19.6. The summed E-state index contributed by atoms with van der Waals surface area (Å²) in [5.74, 6) is 0. The third kappa shape index (κ3) is 2.42. The predicted molar refractivity (Wildman–Crippen MR) is 83.9 cm³/mol. The molecule has 1 aliphatic rings. The summed E-state index contributed by atoms with van der Waals surface area (Å²) in [4.78, 5) is 25.4. The minimum atomic E-state index is -0.218. The van der Waals surface area contributed by atoms with Gasteiger partial charge in [-0.05, 0) is 38.4 Å². The van der Waals surface area contributed by atoms with Gasteiger partial charge in [0.15, 0.2) is 0 Å². The molecule has 0 bridgehead atoms. The Morgan fingerprint density at radius 3 is 2.86 bits per heavy atom. The van der Waals surface area contributed by atoms with Crippen LogP contribution in [-0.4, -0.2) is 22.2 Å². The Kier molecular flexibility index (Phi) is 3.68. The molecule has 5 heteroatoms. The zero-order valence-corrected chi connectivity index (χ0v) is 12.6. The highest BCUT2D eigenvalue weighted by Gasteiger charge is 2.20. The number of aromatic nitrogens is 2. The maximum Gasteiger partial charge on any atom is 0.331 e. The van der Waals surface area contributed by atoms with E-state index in [4.69, 9.17) is 0 Å². The molecule has 112 valence electrons. The van der Waals surface area contributed by atoms with Crippen molar-refractivity contribution < 1.29 is 0 Å². The molecule has 0 amide bonds. The topological polar surface area (TPSA) is 56.0 Å². The molecule has 1 fully saturated rings. The van der Waals surface area contributed by atoms with Crippen molar-refractivity contribution in [2.75, 3.05) is 13.1 Å². The summed E-state index contributed by atoms with van der Waals surface area (Å²) < 4.78 is 3.03. The Morgan fingerprint density at radius 1 is 1.24 bits per heavy atom. The zero-order chi connectivity index (χ0) is 15.0. The van der Waals surface area contributed by atoms with E-state index in [9.17, 15) is 9.59 Å². The van der Waals surface area contributed by atoms with Gasteiger partial charge in [-0.25, -0.2) is 4.79 Å². The van der Waals surface area contributed by atoms with Crippen LogP contribution >= 0.6 is 0 Å². The van der Waals surface area contributed by atoms with Crippen molar-refractivity contribution >= 4 is 10.9 Å². The Labute approximate surface area is 123 Å². The van der Waals surface area contributed by atoms with Crippen molar-refractivity contribution in [1.29, 1.82) is 0 Å². The Hall–Kier alpha value is -1.88. The highest BCUT2D eigenvalue weighted by molar-refractivity contribution is 5.78. The molecule has 3 rings (SSSR count). The summed E-state index contributed by atoms with van der Waals surface area (Å²) in [7, 11) is 1.74. The summed E-state index contributed by atoms with van der Waals surface area (Å²) >= 11 is 0. The summed E-state index contributed by atoms with van der Waals surface area (Å²) in [5.41, 5.74) is 1.35. The third-order valence-electron chi connectivity index (χ3n) is 4.34. The lowest BCUT2D eigenvalue weighted by molar-refractivity contribution is 0.426. The first-order chi connectivity index (χ1) is 10.1. The maximum atomic E-state index is 12.8. The lowest BCUT2D eigenvalue weighted by atomic mass is 10.1. The van der Waals surface area contributed by atoms with Crippen molar-refractivity contribution in [3.63, 3.8) is 0 Å². The average molecular weight is 287 g/mol. The van der Waals surface area contributed by atoms with Crippen LogP contribution in [0, 0.1) is 6.92 Å². The van der Waals surface area contributed by atoms with Crippen LogP contribution in [0.25, 0.3) is 10.9 Å². The highest BCUT2D eigenvalue weighted by Crippen LogP contribution is 2.16. The van der Waals surface area contributed by atoms with Gasteiger partial charge in [0.05, 0.1) is 16.9 Å². The van der Waals surface area contributed by atoms with E-state index in [0.717, 1.165) is 31.4 Å². The van der Waals surface area contributed by atoms with E-state index in [1.54, 1.807) is 11.6 Å². The molecule has 1 N–H and O–H groups in total. The van der Waals surface area contributed by atoms with Gasteiger partial charge in [0, 0.05) is 13.6 Å². The average Bonchev–Trinajstić information content (AvgIpc) is 2.74. The smallest absolute Gasteiger partial charge is 0.315 e. The first-order valence-electron chi connectivity index (χ1n) is 7.52. The van der Waals surface area contributed by atoms with Crippen LogP contribution in [0.15, 0.2) is 27.8 Å². The van der Waals surface area contributed by atoms with Crippen LogP contribution in [0.4, 0.5) is 0 Å². The van der Waals surface area contributed by atoms with E-state index in [1.165, 1.54) is 4.57 Å². The number of hydrogen-bond acceptors (Lipinski definition) is 3. The minimum Gasteiger partial charge on any atom is -0.315 e. The van der Waals surface area contributed by atoms with E-state index in [-0.39, 0.29) is 17.3 Å². The number of aryl methyl sites for hydroxylation is 2. The Balaban J connectivity index is 2.27. The summed E-state index contributed by atoms with van der Waals surface area (Å²) in [6.45, 7) is 3.60. The lowest BCUT2D eigenvalue weighted by Gasteiger charge is -2.19. The fraction of sp³-hybridized carbons (Fsp3) is 0.500. The van der Waals surface area contributed by atoms with Gasteiger partial charge >= 0.3 is 5.69 Å². The molecule has 2 aromatic rings. The van der Waals surface area contributed by atoms with E-state index < -0.39 is 0 Å². The van der Waals surface area contributed by atoms with Crippen LogP contribution < -0.4 is 16.6 Å². The van der Waals surface area contributed by atoms with Crippen molar-refractivity contribution in [3.05, 3.63) is 44.6 Å². The quantitative estimate of drug-likeness (QED) is 0.860. The molecule has 1 aromatic carbocycles. The van der Waals surface area contributed by atoms with Gasteiger partial charge in [-0.2, -0.15) is 0 Å². The van der Waals surface area contributed by atoms with Crippen LogP contribution in [-0.2, 0) is 7.05 Å². The second-order valence-corrected chi connectivity index (χ2v) is 5.89. The molecule has 1 saturated heterocycles. The molecule has 1 atom stereocenters. The standard InChI is InChI=1S/C16H21N3O2/c1-11-6-7-14-13(9-11)15(20)19(16(21)18(14)2)12-5-3-4-8-17-10-12/h6-7,9,12,17H,3-5,8,10H2,1-2H3. The number of rotatable bonds is 1. The Morgan fingerprint density at radius 2 is 2.05 bits per heavy atom. The monoisotopic (exact) mass is 287 g/mol. The molecule has 1 aromatic heterocycles. The highest BCUT2D eigenvalue weighted by atomic mass is 16.2. The number of nitrogens with zero attached hydrogens (tertiary/aromatic N) is 2. The van der Waals surface area contributed by atoms with Crippen LogP contribution in [0.3, 0.4) is 0 Å². The number of benzene rings is 1. The second-order valence-electron chi connectivity index (χ2n) is 5.89. The number of fused-ring (bicyclic) bond motifs is 1. The molecule has 0 saturated carbocycles. The summed E-state index contributed by atoms with van der Waals surface area (Å²) in [6.07, 6.45) is 3.01. The van der Waals surface area contributed by atoms with Gasteiger partial charge in [-0.15, -0.1) is 0 Å². The zero-order valence-electron chi connectivity index (χ0n) is 12.6. The largest absolute Gasteiger partial charge is 0.331 e. The van der Waals surface area contributed by atoms with Crippen molar-refractivity contribution in [1.82, 2.24) is 14.5 Å². The van der Waals surface area contributed by atoms with Gasteiger partial charge in [-0.1, -0.05) is 18.1 Å². The number of nitrogens with one attached hydrogen (secondary N) is 1. The van der Waals surface area contributed by atoms with E-state index in [1.807, 2.05) is 25.1 Å². The van der Waals surface area contributed by atoms with Gasteiger partial charge < -0.3 is 5.32 Å². The van der Waals surface area contributed by atoms with Crippen molar-refractivity contribution in [3.8, 4) is 0 Å². The second kappa shape index (κ2) is 5.48. The minimum absolute atomic E-state index is 0.0522. The van der Waals surface area contributed by atoms with E-state index >= 15 is 0 Å². The van der Waals surface area contributed by atoms with Crippen molar-refractivity contribution in [2.24, 2.45) is 7.05 Å². The van der Waals surface area contributed by atoms with Crippen molar-refractivity contribution in [2.45, 2.75) is 32.2 Å². The molecule has 0 aliphatic carbocycles. The van der Waals surface area contributed by atoms with Gasteiger partial charge in [0.25, 0.3) is 5.56 Å². The first kappa shape index (κ1) is 14.1. The molecular formula is C16H21N3O2. The molecule has 1 unspecified atom stereocenters.